The molecule has 127 valence electrons. The Labute approximate surface area is 135 Å². The Morgan fingerprint density at radius 3 is 1.33 bits per heavy atom. The molecule has 0 unspecified atom stereocenters. The fourth-order valence-electron chi connectivity index (χ4n) is 2.70. The number of hydrogen-bond donors (Lipinski definition) is 0. The van der Waals surface area contributed by atoms with E-state index in [1.165, 1.54) is 96.3 Å². The number of hydrogen-bond acceptors (Lipinski definition) is 1. The molecule has 0 aromatic carbocycles. The van der Waals surface area contributed by atoms with E-state index >= 15 is 0 Å². The van der Waals surface area contributed by atoms with Crippen LogP contribution in [0.25, 0.3) is 0 Å². The predicted octanol–water partition coefficient (Wildman–Crippen LogP) is 7.10. The first-order valence-corrected chi connectivity index (χ1v) is 9.78. The Bertz CT molecular complexity index is 149. The summed E-state index contributed by atoms with van der Waals surface area (Å²) in [5, 5.41) is 0. The first-order chi connectivity index (χ1) is 10.4. The fraction of sp³-hybridized carbons (Fsp3) is 0.950. The van der Waals surface area contributed by atoms with Gasteiger partial charge in [0, 0.05) is 13.2 Å². The third kappa shape index (κ3) is 20.0. The van der Waals surface area contributed by atoms with E-state index in [1.807, 2.05) is 0 Å². The summed E-state index contributed by atoms with van der Waals surface area (Å²) in [6, 6.07) is 0. The molecule has 0 spiro atoms. The van der Waals surface area contributed by atoms with Crippen LogP contribution in [-0.4, -0.2) is 13.2 Å². The largest absolute Gasteiger partial charge is 0.381 e. The lowest BCUT2D eigenvalue weighted by Gasteiger charge is -2.05. The zero-order chi connectivity index (χ0) is 15.4. The molecule has 0 bridgehead atoms. The Kier molecular flexibility index (Phi) is 19.9. The van der Waals surface area contributed by atoms with E-state index in [4.69, 9.17) is 4.74 Å². The van der Waals surface area contributed by atoms with Crippen molar-refractivity contribution in [1.29, 1.82) is 0 Å². The molecule has 0 rings (SSSR count). The van der Waals surface area contributed by atoms with Gasteiger partial charge in [0.15, 0.2) is 0 Å². The van der Waals surface area contributed by atoms with Crippen LogP contribution in [0.2, 0.25) is 0 Å². The van der Waals surface area contributed by atoms with Crippen LogP contribution in [0, 0.1) is 6.92 Å². The standard InChI is InChI=1S/C20H41O/c1-3-5-7-9-11-12-13-14-16-18-20-21-19-17-15-10-8-6-4-2/h2-20H2,1H3. The minimum Gasteiger partial charge on any atom is -0.381 e. The maximum Gasteiger partial charge on any atom is 0.0466 e. The summed E-state index contributed by atoms with van der Waals surface area (Å²) in [6.07, 6.45) is 21.7. The van der Waals surface area contributed by atoms with E-state index in [-0.39, 0.29) is 0 Å². The fourth-order valence-corrected chi connectivity index (χ4v) is 2.70. The Morgan fingerprint density at radius 2 is 0.905 bits per heavy atom. The van der Waals surface area contributed by atoms with E-state index < -0.39 is 0 Å². The second-order valence-corrected chi connectivity index (χ2v) is 6.42. The molecular formula is C20H41O. The third-order valence-corrected chi connectivity index (χ3v) is 4.18. The summed E-state index contributed by atoms with van der Waals surface area (Å²) in [5.41, 5.74) is 0. The van der Waals surface area contributed by atoms with Crippen LogP contribution >= 0.6 is 0 Å². The normalized spacial score (nSPS) is 11.1. The minimum absolute atomic E-state index is 0.974. The van der Waals surface area contributed by atoms with E-state index in [1.54, 1.807) is 0 Å². The summed E-state index contributed by atoms with van der Waals surface area (Å²) >= 11 is 0. The van der Waals surface area contributed by atoms with Crippen molar-refractivity contribution in [2.45, 2.75) is 110 Å². The average Bonchev–Trinajstić information content (AvgIpc) is 2.50. The van der Waals surface area contributed by atoms with Gasteiger partial charge in [-0.3, -0.25) is 0 Å². The lowest BCUT2D eigenvalue weighted by molar-refractivity contribution is 0.125. The topological polar surface area (TPSA) is 9.23 Å². The van der Waals surface area contributed by atoms with Crippen LogP contribution in [-0.2, 0) is 4.74 Å². The minimum atomic E-state index is 0.974. The Balaban J connectivity index is 2.90. The molecule has 0 atom stereocenters. The molecule has 1 radical (unpaired) electrons. The van der Waals surface area contributed by atoms with Gasteiger partial charge in [-0.05, 0) is 12.8 Å². The van der Waals surface area contributed by atoms with Crippen molar-refractivity contribution >= 4 is 0 Å². The van der Waals surface area contributed by atoms with Crippen molar-refractivity contribution in [2.24, 2.45) is 0 Å². The van der Waals surface area contributed by atoms with Crippen LogP contribution in [0.5, 0.6) is 0 Å². The van der Waals surface area contributed by atoms with Gasteiger partial charge in [0.25, 0.3) is 0 Å². The Hall–Kier alpha value is -0.0400. The molecule has 0 aliphatic heterocycles. The molecule has 0 aliphatic rings. The second-order valence-electron chi connectivity index (χ2n) is 6.42. The summed E-state index contributed by atoms with van der Waals surface area (Å²) in [7, 11) is 0. The average molecular weight is 298 g/mol. The van der Waals surface area contributed by atoms with Crippen molar-refractivity contribution in [1.82, 2.24) is 0 Å². The number of ether oxygens (including phenoxy) is 1. The zero-order valence-electron chi connectivity index (χ0n) is 14.8. The highest BCUT2D eigenvalue weighted by atomic mass is 16.5. The lowest BCUT2D eigenvalue weighted by atomic mass is 10.1. The highest BCUT2D eigenvalue weighted by Crippen LogP contribution is 2.10. The first-order valence-electron chi connectivity index (χ1n) is 9.78. The van der Waals surface area contributed by atoms with Gasteiger partial charge in [-0.15, -0.1) is 0 Å². The molecule has 21 heavy (non-hydrogen) atoms. The molecule has 0 saturated carbocycles. The van der Waals surface area contributed by atoms with E-state index in [9.17, 15) is 0 Å². The first kappa shape index (κ1) is 21.0. The Morgan fingerprint density at radius 1 is 0.524 bits per heavy atom. The molecule has 0 fully saturated rings. The highest BCUT2D eigenvalue weighted by Gasteiger charge is 1.94. The van der Waals surface area contributed by atoms with Gasteiger partial charge in [-0.2, -0.15) is 0 Å². The van der Waals surface area contributed by atoms with Gasteiger partial charge in [-0.1, -0.05) is 104 Å². The van der Waals surface area contributed by atoms with Crippen molar-refractivity contribution in [2.75, 3.05) is 13.2 Å². The summed E-state index contributed by atoms with van der Waals surface area (Å²) < 4.78 is 5.70. The maximum absolute atomic E-state index is 5.70. The molecule has 0 N–H and O–H groups in total. The van der Waals surface area contributed by atoms with Gasteiger partial charge < -0.3 is 4.74 Å². The van der Waals surface area contributed by atoms with Gasteiger partial charge in [0.05, 0.1) is 0 Å². The summed E-state index contributed by atoms with van der Waals surface area (Å²) in [5.74, 6) is 0. The van der Waals surface area contributed by atoms with Crippen molar-refractivity contribution in [3.8, 4) is 0 Å². The van der Waals surface area contributed by atoms with Crippen LogP contribution in [0.4, 0.5) is 0 Å². The smallest absolute Gasteiger partial charge is 0.0466 e. The van der Waals surface area contributed by atoms with Gasteiger partial charge in [0.1, 0.15) is 0 Å². The molecular weight excluding hydrogens is 256 g/mol. The maximum atomic E-state index is 5.70. The van der Waals surface area contributed by atoms with Crippen molar-refractivity contribution in [3.05, 3.63) is 6.92 Å². The number of rotatable bonds is 18. The van der Waals surface area contributed by atoms with Crippen LogP contribution in [0.1, 0.15) is 110 Å². The van der Waals surface area contributed by atoms with Crippen molar-refractivity contribution < 1.29 is 4.74 Å². The summed E-state index contributed by atoms with van der Waals surface area (Å²) in [4.78, 5) is 0. The second kappa shape index (κ2) is 20.0. The van der Waals surface area contributed by atoms with Crippen LogP contribution < -0.4 is 0 Å². The SMILES string of the molecule is [CH2]CCCCCCCOCCCCCCCCCCCC. The molecule has 0 aromatic rings. The third-order valence-electron chi connectivity index (χ3n) is 4.18. The summed E-state index contributed by atoms with van der Waals surface area (Å²) in [6.45, 7) is 8.11. The van der Waals surface area contributed by atoms with E-state index in [0.29, 0.717) is 0 Å². The highest BCUT2D eigenvalue weighted by molar-refractivity contribution is 4.48. The van der Waals surface area contributed by atoms with Crippen LogP contribution in [0.15, 0.2) is 0 Å². The quantitative estimate of drug-likeness (QED) is 0.245. The zero-order valence-corrected chi connectivity index (χ0v) is 14.8. The molecule has 0 amide bonds. The van der Waals surface area contributed by atoms with Crippen LogP contribution in [0.3, 0.4) is 0 Å². The monoisotopic (exact) mass is 297 g/mol. The lowest BCUT2D eigenvalue weighted by Crippen LogP contribution is -1.97. The van der Waals surface area contributed by atoms with Crippen molar-refractivity contribution in [3.63, 3.8) is 0 Å². The van der Waals surface area contributed by atoms with Gasteiger partial charge in [0.2, 0.25) is 0 Å². The molecule has 1 nitrogen and oxygen atoms in total. The molecule has 0 aliphatic carbocycles. The van der Waals surface area contributed by atoms with Gasteiger partial charge in [-0.25, -0.2) is 0 Å². The molecule has 0 aromatic heterocycles. The number of unbranched alkanes of at least 4 members (excludes halogenated alkanes) is 14. The molecule has 0 heterocycles. The van der Waals surface area contributed by atoms with E-state index in [2.05, 4.69) is 13.8 Å². The molecule has 0 saturated heterocycles. The van der Waals surface area contributed by atoms with E-state index in [0.717, 1.165) is 19.6 Å². The molecule has 1 heteroatoms. The predicted molar refractivity (Wildman–Crippen MR) is 95.7 cm³/mol. The van der Waals surface area contributed by atoms with Gasteiger partial charge >= 0.3 is 0 Å².